The number of anilines is 2. The van der Waals surface area contributed by atoms with Crippen LogP contribution in [0.15, 0.2) is 83.8 Å². The van der Waals surface area contributed by atoms with Crippen molar-refractivity contribution in [3.8, 4) is 11.1 Å². The number of nitrogens with one attached hydrogen (secondary N) is 2. The van der Waals surface area contributed by atoms with Crippen molar-refractivity contribution in [2.75, 3.05) is 17.2 Å². The van der Waals surface area contributed by atoms with Gasteiger partial charge < -0.3 is 15.5 Å². The molecule has 1 atom stereocenters. The Kier molecular flexibility index (Phi) is 6.88. The summed E-state index contributed by atoms with van der Waals surface area (Å²) < 4.78 is 38.6. The van der Waals surface area contributed by atoms with E-state index in [9.17, 15) is 22.4 Å². The number of amides is 3. The third-order valence-corrected chi connectivity index (χ3v) is 6.53. The van der Waals surface area contributed by atoms with Crippen molar-refractivity contribution in [3.05, 3.63) is 89.7 Å². The molecular weight excluding hydrogens is 495 g/mol. The van der Waals surface area contributed by atoms with Gasteiger partial charge in [-0.3, -0.25) is 4.79 Å². The molecule has 1 unspecified atom stereocenters. The van der Waals surface area contributed by atoms with Gasteiger partial charge in [0, 0.05) is 22.8 Å². The van der Waals surface area contributed by atoms with Crippen molar-refractivity contribution in [2.45, 2.75) is 10.9 Å². The molecule has 180 valence electrons. The second-order valence-corrected chi connectivity index (χ2v) is 9.65. The standard InChI is InChI=1S/C24H20ClFN4O4S/c25-16-8-10-17(11-9-16)28-24(32)30-13-3-5-21(30)23(31)29-20-12-7-15(14-19(20)26)18-4-1-2-6-22(18)35(27,33)34/h1-12,14,21H,13H2,(H,28,32)(H,29,31)(H2,27,33,34). The maximum absolute atomic E-state index is 14.9. The highest BCUT2D eigenvalue weighted by Gasteiger charge is 2.31. The van der Waals surface area contributed by atoms with Crippen molar-refractivity contribution in [3.63, 3.8) is 0 Å². The smallest absolute Gasteiger partial charge is 0.321 e. The van der Waals surface area contributed by atoms with E-state index < -0.39 is 33.8 Å². The largest absolute Gasteiger partial charge is 0.323 e. The molecule has 3 aromatic rings. The Bertz CT molecular complexity index is 1430. The third-order valence-electron chi connectivity index (χ3n) is 5.31. The fraction of sp³-hybridized carbons (Fsp3) is 0.0833. The van der Waals surface area contributed by atoms with E-state index in [4.69, 9.17) is 16.7 Å². The van der Waals surface area contributed by atoms with Crippen LogP contribution in [0.5, 0.6) is 0 Å². The highest BCUT2D eigenvalue weighted by atomic mass is 35.5. The number of sulfonamides is 1. The van der Waals surface area contributed by atoms with Crippen molar-refractivity contribution < 1.29 is 22.4 Å². The normalized spacial score (nSPS) is 15.2. The van der Waals surface area contributed by atoms with Gasteiger partial charge in [0.1, 0.15) is 11.9 Å². The van der Waals surface area contributed by atoms with Crippen LogP contribution in [0.25, 0.3) is 11.1 Å². The van der Waals surface area contributed by atoms with Crippen LogP contribution in [0.1, 0.15) is 0 Å². The number of nitrogens with zero attached hydrogens (tertiary/aromatic N) is 1. The number of hydrogen-bond donors (Lipinski definition) is 3. The number of carbonyl (C=O) groups excluding carboxylic acids is 2. The lowest BCUT2D eigenvalue weighted by molar-refractivity contribution is -0.118. The number of carbonyl (C=O) groups is 2. The third kappa shape index (κ3) is 5.51. The molecule has 1 aliphatic rings. The van der Waals surface area contributed by atoms with Gasteiger partial charge in [0.25, 0.3) is 5.91 Å². The summed E-state index contributed by atoms with van der Waals surface area (Å²) in [6, 6.07) is 14.9. The van der Waals surface area contributed by atoms with Crippen molar-refractivity contribution in [1.82, 2.24) is 4.90 Å². The first-order valence-corrected chi connectivity index (χ1v) is 12.3. The molecule has 0 bridgehead atoms. The zero-order valence-corrected chi connectivity index (χ0v) is 19.7. The van der Waals surface area contributed by atoms with Crippen molar-refractivity contribution in [1.29, 1.82) is 0 Å². The van der Waals surface area contributed by atoms with Gasteiger partial charge in [-0.1, -0.05) is 48.0 Å². The average Bonchev–Trinajstić information content (AvgIpc) is 3.32. The zero-order chi connectivity index (χ0) is 25.2. The fourth-order valence-electron chi connectivity index (χ4n) is 3.63. The first-order valence-electron chi connectivity index (χ1n) is 10.4. The Morgan fingerprint density at radius 3 is 2.43 bits per heavy atom. The van der Waals surface area contributed by atoms with Crippen molar-refractivity contribution >= 4 is 44.9 Å². The minimum atomic E-state index is -4.02. The van der Waals surface area contributed by atoms with E-state index in [2.05, 4.69) is 10.6 Å². The minimum Gasteiger partial charge on any atom is -0.321 e. The van der Waals surface area contributed by atoms with Gasteiger partial charge in [0.15, 0.2) is 0 Å². The summed E-state index contributed by atoms with van der Waals surface area (Å²) in [5.41, 5.74) is 0.891. The van der Waals surface area contributed by atoms with Crippen LogP contribution in [0, 0.1) is 5.82 Å². The van der Waals surface area contributed by atoms with Crippen LogP contribution in [-0.2, 0) is 14.8 Å². The Balaban J connectivity index is 1.49. The van der Waals surface area contributed by atoms with Crippen LogP contribution in [0.4, 0.5) is 20.6 Å². The van der Waals surface area contributed by atoms with Gasteiger partial charge in [-0.25, -0.2) is 22.7 Å². The Morgan fingerprint density at radius 2 is 1.74 bits per heavy atom. The number of urea groups is 1. The Morgan fingerprint density at radius 1 is 1.03 bits per heavy atom. The van der Waals surface area contributed by atoms with Crippen LogP contribution >= 0.6 is 11.6 Å². The molecule has 0 spiro atoms. The maximum Gasteiger partial charge on any atom is 0.323 e. The maximum atomic E-state index is 14.9. The van der Waals surface area contributed by atoms with Crippen LogP contribution in [-0.4, -0.2) is 37.8 Å². The molecular formula is C24H20ClFN4O4S. The summed E-state index contributed by atoms with van der Waals surface area (Å²) in [6.45, 7) is 0.198. The highest BCUT2D eigenvalue weighted by molar-refractivity contribution is 7.89. The summed E-state index contributed by atoms with van der Waals surface area (Å²) in [6.07, 6.45) is 3.21. The van der Waals surface area contributed by atoms with Gasteiger partial charge in [-0.05, 0) is 48.0 Å². The zero-order valence-electron chi connectivity index (χ0n) is 18.1. The summed E-state index contributed by atoms with van der Waals surface area (Å²) in [7, 11) is -4.02. The van der Waals surface area contributed by atoms with E-state index in [1.807, 2.05) is 0 Å². The van der Waals surface area contributed by atoms with Gasteiger partial charge >= 0.3 is 6.03 Å². The lowest BCUT2D eigenvalue weighted by Crippen LogP contribution is -2.45. The average molecular weight is 515 g/mol. The number of primary sulfonamides is 1. The molecule has 0 radical (unpaired) electrons. The SMILES string of the molecule is NS(=O)(=O)c1ccccc1-c1ccc(NC(=O)C2C=CCN2C(=O)Nc2ccc(Cl)cc2)c(F)c1. The van der Waals surface area contributed by atoms with Gasteiger partial charge in [0.2, 0.25) is 10.0 Å². The number of halogens is 2. The molecule has 0 saturated heterocycles. The molecule has 3 amide bonds. The molecule has 11 heteroatoms. The van der Waals surface area contributed by atoms with Crippen LogP contribution in [0.2, 0.25) is 5.02 Å². The predicted molar refractivity (Wildman–Crippen MR) is 132 cm³/mol. The number of nitrogens with two attached hydrogens (primary N) is 1. The Hall–Kier alpha value is -3.73. The molecule has 3 aromatic carbocycles. The van der Waals surface area contributed by atoms with Gasteiger partial charge in [-0.15, -0.1) is 0 Å². The molecule has 8 nitrogen and oxygen atoms in total. The van der Waals surface area contributed by atoms with E-state index in [0.717, 1.165) is 6.07 Å². The molecule has 0 saturated carbocycles. The lowest BCUT2D eigenvalue weighted by atomic mass is 10.0. The monoisotopic (exact) mass is 514 g/mol. The molecule has 1 heterocycles. The van der Waals surface area contributed by atoms with E-state index in [1.54, 1.807) is 42.5 Å². The summed E-state index contributed by atoms with van der Waals surface area (Å²) in [4.78, 5) is 26.7. The highest BCUT2D eigenvalue weighted by Crippen LogP contribution is 2.29. The summed E-state index contributed by atoms with van der Waals surface area (Å²) >= 11 is 5.85. The second kappa shape index (κ2) is 9.87. The van der Waals surface area contributed by atoms with Crippen LogP contribution < -0.4 is 15.8 Å². The molecule has 0 aliphatic carbocycles. The van der Waals surface area contributed by atoms with Crippen molar-refractivity contribution in [2.24, 2.45) is 5.14 Å². The topological polar surface area (TPSA) is 122 Å². The molecule has 0 fully saturated rings. The quantitative estimate of drug-likeness (QED) is 0.441. The second-order valence-electron chi connectivity index (χ2n) is 7.69. The summed E-state index contributed by atoms with van der Waals surface area (Å²) in [5.74, 6) is -1.39. The van der Waals surface area contributed by atoms with E-state index in [-0.39, 0.29) is 28.3 Å². The minimum absolute atomic E-state index is 0.120. The number of rotatable bonds is 5. The number of hydrogen-bond acceptors (Lipinski definition) is 4. The van der Waals surface area contributed by atoms with Gasteiger partial charge in [0.05, 0.1) is 10.6 Å². The molecule has 1 aliphatic heterocycles. The van der Waals surface area contributed by atoms with Crippen LogP contribution in [0.3, 0.4) is 0 Å². The lowest BCUT2D eigenvalue weighted by Gasteiger charge is -2.24. The van der Waals surface area contributed by atoms with Gasteiger partial charge in [-0.2, -0.15) is 0 Å². The summed E-state index contributed by atoms with van der Waals surface area (Å²) in [5, 5.41) is 11.0. The molecule has 4 rings (SSSR count). The molecule has 0 aromatic heterocycles. The predicted octanol–water partition coefficient (Wildman–Crippen LogP) is 4.20. The van der Waals surface area contributed by atoms with E-state index in [1.165, 1.54) is 35.2 Å². The fourth-order valence-corrected chi connectivity index (χ4v) is 4.52. The van der Waals surface area contributed by atoms with E-state index >= 15 is 0 Å². The molecule has 35 heavy (non-hydrogen) atoms. The first kappa shape index (κ1) is 24.4. The van der Waals surface area contributed by atoms with E-state index in [0.29, 0.717) is 10.7 Å². The molecule has 4 N–H and O–H groups in total. The Labute approximate surface area is 206 Å². The number of benzene rings is 3. The first-order chi connectivity index (χ1) is 16.6.